The maximum atomic E-state index is 12.4. The molecule has 0 fully saturated rings. The van der Waals surface area contributed by atoms with Gasteiger partial charge in [-0.2, -0.15) is 0 Å². The van der Waals surface area contributed by atoms with Gasteiger partial charge in [-0.1, -0.05) is 48.5 Å². The van der Waals surface area contributed by atoms with Crippen molar-refractivity contribution in [3.8, 4) is 11.4 Å². The third kappa shape index (κ3) is 4.43. The molecule has 2 aromatic carbocycles. The molecule has 0 spiro atoms. The topological polar surface area (TPSA) is 85.8 Å². The van der Waals surface area contributed by atoms with E-state index in [1.807, 2.05) is 37.3 Å². The molecule has 0 atom stereocenters. The monoisotopic (exact) mass is 401 g/mol. The van der Waals surface area contributed by atoms with E-state index in [-0.39, 0.29) is 11.7 Å². The summed E-state index contributed by atoms with van der Waals surface area (Å²) in [6.07, 6.45) is 0.853. The van der Waals surface area contributed by atoms with Crippen LogP contribution in [0.15, 0.2) is 47.6 Å². The van der Waals surface area contributed by atoms with Gasteiger partial charge < -0.3 is 11.2 Å². The molecule has 27 heavy (non-hydrogen) atoms. The molecule has 0 aliphatic carbocycles. The zero-order valence-electron chi connectivity index (χ0n) is 15.1. The van der Waals surface area contributed by atoms with Gasteiger partial charge in [-0.15, -0.1) is 10.2 Å². The summed E-state index contributed by atoms with van der Waals surface area (Å²) in [6, 6.07) is 13.2. The number of nitrogens with one attached hydrogen (secondary N) is 1. The lowest BCUT2D eigenvalue weighted by Gasteiger charge is -2.12. The van der Waals surface area contributed by atoms with Gasteiger partial charge in [0.2, 0.25) is 11.1 Å². The van der Waals surface area contributed by atoms with Gasteiger partial charge in [-0.05, 0) is 48.7 Å². The lowest BCUT2D eigenvalue weighted by atomic mass is 10.1. The number of carbonyl (C=O) groups is 1. The van der Waals surface area contributed by atoms with E-state index in [2.05, 4.69) is 22.4 Å². The van der Waals surface area contributed by atoms with Crippen LogP contribution in [0.2, 0.25) is 5.02 Å². The molecule has 0 aliphatic heterocycles. The number of rotatable bonds is 6. The van der Waals surface area contributed by atoms with Crippen molar-refractivity contribution in [1.29, 1.82) is 0 Å². The van der Waals surface area contributed by atoms with Crippen molar-refractivity contribution in [2.45, 2.75) is 25.4 Å². The number of aromatic nitrogens is 3. The predicted molar refractivity (Wildman–Crippen MR) is 111 cm³/mol. The molecule has 8 heteroatoms. The van der Waals surface area contributed by atoms with E-state index in [0.29, 0.717) is 16.0 Å². The standard InChI is InChI=1S/C19H20ClN5OS/c1-3-13-6-4-5-12(2)17(13)22-16(26)11-27-19-24-23-18(25(19)21)14-7-9-15(20)10-8-14/h4-10H,3,11,21H2,1-2H3,(H,22,26). The average molecular weight is 402 g/mol. The molecule has 0 saturated heterocycles. The number of aryl methyl sites for hydroxylation is 2. The molecular weight excluding hydrogens is 382 g/mol. The Hall–Kier alpha value is -2.51. The number of nitrogen functional groups attached to an aromatic ring is 1. The molecule has 1 amide bonds. The summed E-state index contributed by atoms with van der Waals surface area (Å²) in [5, 5.41) is 12.3. The van der Waals surface area contributed by atoms with Gasteiger partial charge in [0, 0.05) is 16.3 Å². The average Bonchev–Trinajstić information content (AvgIpc) is 3.03. The molecule has 0 aliphatic rings. The molecule has 0 radical (unpaired) electrons. The number of benzene rings is 2. The van der Waals surface area contributed by atoms with Crippen LogP contribution in [0.4, 0.5) is 5.69 Å². The van der Waals surface area contributed by atoms with Crippen LogP contribution in [-0.2, 0) is 11.2 Å². The Labute approximate surface area is 167 Å². The van der Waals surface area contributed by atoms with Gasteiger partial charge in [-0.3, -0.25) is 4.79 Å². The highest BCUT2D eigenvalue weighted by molar-refractivity contribution is 7.99. The molecular formula is C19H20ClN5OS. The number of amides is 1. The van der Waals surface area contributed by atoms with E-state index in [1.165, 1.54) is 16.4 Å². The summed E-state index contributed by atoms with van der Waals surface area (Å²) in [5.41, 5.74) is 3.83. The lowest BCUT2D eigenvalue weighted by molar-refractivity contribution is -0.113. The molecule has 3 N–H and O–H groups in total. The zero-order chi connectivity index (χ0) is 19.4. The van der Waals surface area contributed by atoms with E-state index in [4.69, 9.17) is 17.4 Å². The number of nitrogens with zero attached hydrogens (tertiary/aromatic N) is 3. The van der Waals surface area contributed by atoms with E-state index in [9.17, 15) is 4.79 Å². The van der Waals surface area contributed by atoms with Crippen LogP contribution in [0.5, 0.6) is 0 Å². The fraction of sp³-hybridized carbons (Fsp3) is 0.211. The number of anilines is 1. The quantitative estimate of drug-likeness (QED) is 0.483. The van der Waals surface area contributed by atoms with Crippen molar-refractivity contribution in [3.05, 3.63) is 58.6 Å². The number of carbonyl (C=O) groups excluding carboxylic acids is 1. The van der Waals surface area contributed by atoms with Crippen LogP contribution in [0.3, 0.4) is 0 Å². The van der Waals surface area contributed by atoms with Gasteiger partial charge in [-0.25, -0.2) is 4.68 Å². The van der Waals surface area contributed by atoms with E-state index in [0.717, 1.165) is 28.8 Å². The molecule has 6 nitrogen and oxygen atoms in total. The highest BCUT2D eigenvalue weighted by Crippen LogP contribution is 2.24. The largest absolute Gasteiger partial charge is 0.335 e. The number of para-hydroxylation sites is 1. The summed E-state index contributed by atoms with van der Waals surface area (Å²) >= 11 is 7.14. The van der Waals surface area contributed by atoms with Crippen molar-refractivity contribution in [2.24, 2.45) is 0 Å². The minimum Gasteiger partial charge on any atom is -0.335 e. The maximum Gasteiger partial charge on any atom is 0.234 e. The van der Waals surface area contributed by atoms with E-state index in [1.54, 1.807) is 12.1 Å². The summed E-state index contributed by atoms with van der Waals surface area (Å²) in [4.78, 5) is 12.4. The number of halogens is 1. The highest BCUT2D eigenvalue weighted by atomic mass is 35.5. The summed E-state index contributed by atoms with van der Waals surface area (Å²) in [6.45, 7) is 4.05. The first-order chi connectivity index (χ1) is 13.0. The number of hydrogen-bond acceptors (Lipinski definition) is 5. The summed E-state index contributed by atoms with van der Waals surface area (Å²) < 4.78 is 1.38. The van der Waals surface area contributed by atoms with Gasteiger partial charge in [0.25, 0.3) is 0 Å². The Morgan fingerprint density at radius 1 is 1.22 bits per heavy atom. The maximum absolute atomic E-state index is 12.4. The smallest absolute Gasteiger partial charge is 0.234 e. The van der Waals surface area contributed by atoms with Gasteiger partial charge >= 0.3 is 0 Å². The Bertz CT molecular complexity index is 955. The van der Waals surface area contributed by atoms with Crippen LogP contribution in [0.1, 0.15) is 18.1 Å². The Kier molecular flexibility index (Phi) is 6.03. The van der Waals surface area contributed by atoms with Crippen molar-refractivity contribution < 1.29 is 4.79 Å². The second-order valence-corrected chi connectivity index (χ2v) is 7.36. The molecule has 0 bridgehead atoms. The highest BCUT2D eigenvalue weighted by Gasteiger charge is 2.15. The van der Waals surface area contributed by atoms with Crippen molar-refractivity contribution in [3.63, 3.8) is 0 Å². The Morgan fingerprint density at radius 2 is 1.96 bits per heavy atom. The fourth-order valence-electron chi connectivity index (χ4n) is 2.68. The summed E-state index contributed by atoms with van der Waals surface area (Å²) in [5.74, 6) is 6.68. The number of hydrogen-bond donors (Lipinski definition) is 2. The molecule has 3 rings (SSSR count). The van der Waals surface area contributed by atoms with E-state index >= 15 is 0 Å². The third-order valence-corrected chi connectivity index (χ3v) is 5.30. The molecule has 1 aromatic heterocycles. The van der Waals surface area contributed by atoms with Gasteiger partial charge in [0.05, 0.1) is 5.75 Å². The molecule has 140 valence electrons. The molecule has 1 heterocycles. The summed E-state index contributed by atoms with van der Waals surface area (Å²) in [7, 11) is 0. The van der Waals surface area contributed by atoms with Crippen LogP contribution >= 0.6 is 23.4 Å². The van der Waals surface area contributed by atoms with Crippen molar-refractivity contribution in [2.75, 3.05) is 16.9 Å². The first kappa shape index (κ1) is 19.3. The normalized spacial score (nSPS) is 10.8. The second kappa shape index (κ2) is 8.45. The molecule has 0 saturated carbocycles. The fourth-order valence-corrected chi connectivity index (χ4v) is 3.46. The number of nitrogens with two attached hydrogens (primary N) is 1. The first-order valence-corrected chi connectivity index (χ1v) is 9.83. The second-order valence-electron chi connectivity index (χ2n) is 5.98. The zero-order valence-corrected chi connectivity index (χ0v) is 16.6. The number of thioether (sulfide) groups is 1. The molecule has 0 unspecified atom stereocenters. The Balaban J connectivity index is 1.67. The third-order valence-electron chi connectivity index (χ3n) is 4.10. The van der Waals surface area contributed by atoms with Gasteiger partial charge in [0.1, 0.15) is 0 Å². The SMILES string of the molecule is CCc1cccc(C)c1NC(=O)CSc1nnc(-c2ccc(Cl)cc2)n1N. The van der Waals surface area contributed by atoms with Crippen LogP contribution < -0.4 is 11.2 Å². The minimum absolute atomic E-state index is 0.111. The van der Waals surface area contributed by atoms with Crippen LogP contribution in [0, 0.1) is 6.92 Å². The van der Waals surface area contributed by atoms with Crippen molar-refractivity contribution in [1.82, 2.24) is 14.9 Å². The van der Waals surface area contributed by atoms with Crippen molar-refractivity contribution >= 4 is 35.0 Å². The minimum atomic E-state index is -0.111. The predicted octanol–water partition coefficient (Wildman–Crippen LogP) is 3.91. The van der Waals surface area contributed by atoms with E-state index < -0.39 is 0 Å². The van der Waals surface area contributed by atoms with Crippen LogP contribution in [-0.4, -0.2) is 26.5 Å². The molecule has 3 aromatic rings. The lowest BCUT2D eigenvalue weighted by Crippen LogP contribution is -2.17. The van der Waals surface area contributed by atoms with Gasteiger partial charge in [0.15, 0.2) is 5.82 Å². The first-order valence-electron chi connectivity index (χ1n) is 8.47. The Morgan fingerprint density at radius 3 is 2.67 bits per heavy atom. The van der Waals surface area contributed by atoms with Crippen LogP contribution in [0.25, 0.3) is 11.4 Å².